The van der Waals surface area contributed by atoms with E-state index in [1.54, 1.807) is 26.8 Å². The van der Waals surface area contributed by atoms with Crippen LogP contribution in [-0.2, 0) is 11.3 Å². The molecule has 1 aliphatic heterocycles. The van der Waals surface area contributed by atoms with Gasteiger partial charge in [-0.2, -0.15) is 0 Å². The fourth-order valence-corrected chi connectivity index (χ4v) is 4.37. The quantitative estimate of drug-likeness (QED) is 0.386. The molecule has 0 radical (unpaired) electrons. The summed E-state index contributed by atoms with van der Waals surface area (Å²) >= 11 is 0. The van der Waals surface area contributed by atoms with E-state index in [4.69, 9.17) is 0 Å². The molecule has 0 saturated heterocycles. The number of carbonyl (C=O) groups is 1. The van der Waals surface area contributed by atoms with Crippen LogP contribution in [0.15, 0.2) is 58.9 Å². The number of benzene rings is 2. The first-order valence-electron chi connectivity index (χ1n) is 11.7. The summed E-state index contributed by atoms with van der Waals surface area (Å²) in [6.45, 7) is 7.89. The van der Waals surface area contributed by atoms with E-state index < -0.39 is 23.3 Å². The van der Waals surface area contributed by atoms with Crippen molar-refractivity contribution in [3.05, 3.63) is 98.9 Å². The Balaban J connectivity index is 0.000000201. The number of amides is 1. The van der Waals surface area contributed by atoms with Crippen LogP contribution in [0.4, 0.5) is 17.6 Å². The molecule has 0 N–H and O–H groups in total. The first-order chi connectivity index (χ1) is 17.1. The van der Waals surface area contributed by atoms with Crippen LogP contribution in [0.25, 0.3) is 17.0 Å². The molecular formula is C28H28F4N2O2. The van der Waals surface area contributed by atoms with Gasteiger partial charge in [-0.15, -0.1) is 0 Å². The third kappa shape index (κ3) is 5.27. The van der Waals surface area contributed by atoms with Crippen LogP contribution in [0.2, 0.25) is 0 Å². The van der Waals surface area contributed by atoms with Crippen LogP contribution in [0.3, 0.4) is 0 Å². The van der Waals surface area contributed by atoms with Crippen molar-refractivity contribution in [2.24, 2.45) is 0 Å². The molecular weight excluding hydrogens is 472 g/mol. The monoisotopic (exact) mass is 500 g/mol. The third-order valence-electron chi connectivity index (χ3n) is 6.11. The van der Waals surface area contributed by atoms with Crippen molar-refractivity contribution >= 4 is 11.6 Å². The molecule has 190 valence electrons. The van der Waals surface area contributed by atoms with E-state index >= 15 is 0 Å². The minimum Gasteiger partial charge on any atom is -0.312 e. The van der Waals surface area contributed by atoms with Crippen molar-refractivity contribution in [2.45, 2.75) is 47.1 Å². The van der Waals surface area contributed by atoms with Gasteiger partial charge < -0.3 is 9.47 Å². The highest BCUT2D eigenvalue weighted by molar-refractivity contribution is 5.90. The molecule has 8 heteroatoms. The molecule has 0 aliphatic carbocycles. The molecule has 2 heterocycles. The summed E-state index contributed by atoms with van der Waals surface area (Å²) in [5.74, 6) is -2.66. The topological polar surface area (TPSA) is 42.3 Å². The molecule has 4 nitrogen and oxygen atoms in total. The van der Waals surface area contributed by atoms with Gasteiger partial charge in [0.2, 0.25) is 5.91 Å². The number of hydrogen-bond donors (Lipinski definition) is 0. The maximum atomic E-state index is 13.8. The fraction of sp³-hybridized carbons (Fsp3) is 0.286. The molecule has 0 saturated carbocycles. The van der Waals surface area contributed by atoms with E-state index in [1.165, 1.54) is 51.9 Å². The van der Waals surface area contributed by atoms with Crippen molar-refractivity contribution in [1.82, 2.24) is 9.47 Å². The molecule has 1 amide bonds. The van der Waals surface area contributed by atoms with Gasteiger partial charge in [-0.25, -0.2) is 17.6 Å². The minimum absolute atomic E-state index is 0.0826. The molecule has 0 fully saturated rings. The van der Waals surface area contributed by atoms with Crippen molar-refractivity contribution in [3.63, 3.8) is 0 Å². The van der Waals surface area contributed by atoms with Crippen LogP contribution in [-0.4, -0.2) is 21.9 Å². The summed E-state index contributed by atoms with van der Waals surface area (Å²) in [6, 6.07) is 10.4. The summed E-state index contributed by atoms with van der Waals surface area (Å²) in [5, 5.41) is 0. The lowest BCUT2D eigenvalue weighted by Crippen LogP contribution is -2.33. The summed E-state index contributed by atoms with van der Waals surface area (Å²) in [4.78, 5) is 25.0. The normalized spacial score (nSPS) is 13.6. The van der Waals surface area contributed by atoms with Crippen molar-refractivity contribution in [2.75, 3.05) is 6.54 Å². The summed E-state index contributed by atoms with van der Waals surface area (Å²) in [7, 11) is 0. The van der Waals surface area contributed by atoms with Gasteiger partial charge in [-0.05, 0) is 69.5 Å². The number of allylic oxidation sites excluding steroid dienone is 1. The molecule has 1 aliphatic rings. The predicted molar refractivity (Wildman–Crippen MR) is 132 cm³/mol. The number of aromatic nitrogens is 1. The fourth-order valence-electron chi connectivity index (χ4n) is 4.37. The van der Waals surface area contributed by atoms with Gasteiger partial charge in [0.25, 0.3) is 5.56 Å². The maximum Gasteiger partial charge on any atom is 0.251 e. The molecule has 0 bridgehead atoms. The van der Waals surface area contributed by atoms with Crippen LogP contribution < -0.4 is 5.56 Å². The second kappa shape index (κ2) is 11.4. The molecule has 4 rings (SSSR count). The molecule has 3 aromatic rings. The highest BCUT2D eigenvalue weighted by atomic mass is 19.1. The van der Waals surface area contributed by atoms with Crippen LogP contribution >= 0.6 is 0 Å². The Morgan fingerprint density at radius 2 is 1.25 bits per heavy atom. The van der Waals surface area contributed by atoms with Gasteiger partial charge >= 0.3 is 0 Å². The Labute approximate surface area is 207 Å². The number of aryl methyl sites for hydroxylation is 1. The largest absolute Gasteiger partial charge is 0.312 e. The third-order valence-corrected chi connectivity index (χ3v) is 6.11. The molecule has 0 spiro atoms. The number of carbonyl (C=O) groups excluding carboxylic acids is 1. The van der Waals surface area contributed by atoms with Crippen molar-refractivity contribution in [3.8, 4) is 11.3 Å². The molecule has 0 atom stereocenters. The summed E-state index contributed by atoms with van der Waals surface area (Å²) in [6.07, 6.45) is 0.956. The SMILES string of the molecule is CCN1C(=O)CCC(C)=C1c1c(F)cccc1F.CCn1c(-c2c(F)cccc2F)c(C)ccc1=O. The first-order valence-corrected chi connectivity index (χ1v) is 11.7. The Morgan fingerprint density at radius 3 is 1.75 bits per heavy atom. The van der Waals surface area contributed by atoms with Gasteiger partial charge in [0.05, 0.1) is 22.5 Å². The average molecular weight is 501 g/mol. The Hall–Kier alpha value is -3.68. The Morgan fingerprint density at radius 1 is 0.722 bits per heavy atom. The molecule has 36 heavy (non-hydrogen) atoms. The first kappa shape index (κ1) is 26.9. The number of pyridine rings is 1. The van der Waals surface area contributed by atoms with E-state index in [1.807, 2.05) is 6.92 Å². The molecule has 0 unspecified atom stereocenters. The average Bonchev–Trinajstić information content (AvgIpc) is 2.83. The zero-order chi connectivity index (χ0) is 26.6. The second-order valence-electron chi connectivity index (χ2n) is 8.41. The number of rotatable bonds is 4. The molecule has 1 aromatic heterocycles. The van der Waals surface area contributed by atoms with Crippen LogP contribution in [0, 0.1) is 30.2 Å². The lowest BCUT2D eigenvalue weighted by Gasteiger charge is -2.31. The van der Waals surface area contributed by atoms with E-state index in [9.17, 15) is 27.2 Å². The van der Waals surface area contributed by atoms with E-state index in [2.05, 4.69) is 0 Å². The minimum atomic E-state index is -0.661. The Kier molecular flexibility index (Phi) is 8.50. The van der Waals surface area contributed by atoms with Gasteiger partial charge in [-0.1, -0.05) is 18.2 Å². The lowest BCUT2D eigenvalue weighted by atomic mass is 9.97. The lowest BCUT2D eigenvalue weighted by molar-refractivity contribution is -0.128. The van der Waals surface area contributed by atoms with Crippen LogP contribution in [0.5, 0.6) is 0 Å². The van der Waals surface area contributed by atoms with Gasteiger partial charge in [0.1, 0.15) is 23.3 Å². The van der Waals surface area contributed by atoms with Crippen molar-refractivity contribution in [1.29, 1.82) is 0 Å². The van der Waals surface area contributed by atoms with E-state index in [-0.39, 0.29) is 22.6 Å². The van der Waals surface area contributed by atoms with Crippen LogP contribution in [0.1, 0.15) is 44.7 Å². The van der Waals surface area contributed by atoms with Gasteiger partial charge in [-0.3, -0.25) is 9.59 Å². The summed E-state index contributed by atoms with van der Waals surface area (Å²) < 4.78 is 56.7. The molecule has 2 aromatic carbocycles. The highest BCUT2D eigenvalue weighted by Crippen LogP contribution is 2.33. The maximum absolute atomic E-state index is 13.8. The Bertz CT molecular complexity index is 1340. The standard InChI is InChI=1S/C14H15F2NO.C14H13F2NO/c2*1-3-17-12(18)8-7-9(2)14(17)13-10(15)5-4-6-11(13)16/h4-6H,3,7-8H2,1-2H3;4-8H,3H2,1-2H3. The summed E-state index contributed by atoms with van der Waals surface area (Å²) in [5.41, 5.74) is 1.71. The highest BCUT2D eigenvalue weighted by Gasteiger charge is 2.28. The second-order valence-corrected chi connectivity index (χ2v) is 8.41. The smallest absolute Gasteiger partial charge is 0.251 e. The zero-order valence-corrected chi connectivity index (χ0v) is 20.7. The number of nitrogens with zero attached hydrogens (tertiary/aromatic N) is 2. The van der Waals surface area contributed by atoms with Gasteiger partial charge in [0, 0.05) is 25.6 Å². The number of halogens is 4. The predicted octanol–water partition coefficient (Wildman–Crippen LogP) is 6.46. The van der Waals surface area contributed by atoms with E-state index in [0.717, 1.165) is 5.57 Å². The van der Waals surface area contributed by atoms with E-state index in [0.29, 0.717) is 42.9 Å². The number of hydrogen-bond acceptors (Lipinski definition) is 2. The van der Waals surface area contributed by atoms with Gasteiger partial charge in [0.15, 0.2) is 0 Å². The van der Waals surface area contributed by atoms with Crippen molar-refractivity contribution < 1.29 is 22.4 Å². The zero-order valence-electron chi connectivity index (χ0n) is 20.7.